The van der Waals surface area contributed by atoms with Crippen LogP contribution in [0.3, 0.4) is 0 Å². The summed E-state index contributed by atoms with van der Waals surface area (Å²) < 4.78 is 16.0. The molecule has 0 heterocycles. The van der Waals surface area contributed by atoms with E-state index in [0.29, 0.717) is 0 Å². The van der Waals surface area contributed by atoms with E-state index in [4.69, 9.17) is 20.4 Å². The molecule has 0 aliphatic rings. The van der Waals surface area contributed by atoms with E-state index in [0.717, 1.165) is 0 Å². The fourth-order valence-electron chi connectivity index (χ4n) is 2.64. The fourth-order valence-corrected chi connectivity index (χ4v) is 2.64. The summed E-state index contributed by atoms with van der Waals surface area (Å²) in [6, 6.07) is 0. The third-order valence-electron chi connectivity index (χ3n) is 4.15. The molecule has 0 spiro atoms. The van der Waals surface area contributed by atoms with Gasteiger partial charge in [0.25, 0.3) is 0 Å². The maximum atomic E-state index is 12.2. The van der Waals surface area contributed by atoms with Crippen molar-refractivity contribution in [3.8, 4) is 0 Å². The predicted octanol–water partition coefficient (Wildman–Crippen LogP) is -2.36. The Kier molecular flexibility index (Phi) is 11.9. The molecule has 0 rings (SSSR count). The number of hydrogen-bond acceptors (Lipinski definition) is 15. The molecule has 0 saturated carbocycles. The largest absolute Gasteiger partial charge is 0.513 e. The van der Waals surface area contributed by atoms with Crippen molar-refractivity contribution < 1.29 is 103 Å². The Hall–Kier alpha value is -5.34. The fraction of sp³-hybridized carbons (Fsp3) is 0.444. The molecule has 21 heteroatoms. The van der Waals surface area contributed by atoms with Gasteiger partial charge in [0, 0.05) is 0 Å². The van der Waals surface area contributed by atoms with Crippen molar-refractivity contribution in [2.24, 2.45) is 0 Å². The molecule has 0 bridgehead atoms. The molecular formula is C18H18O21. The Labute approximate surface area is 213 Å². The van der Waals surface area contributed by atoms with Gasteiger partial charge in [-0.3, -0.25) is 24.0 Å². The Bertz CT molecular complexity index is 1070. The maximum absolute atomic E-state index is 12.2. The van der Waals surface area contributed by atoms with Crippen LogP contribution in [0.5, 0.6) is 0 Å². The molecule has 7 N–H and O–H groups in total. The van der Waals surface area contributed by atoms with E-state index < -0.39 is 109 Å². The highest BCUT2D eigenvalue weighted by atomic mass is 16.7. The first-order chi connectivity index (χ1) is 17.7. The van der Waals surface area contributed by atoms with Gasteiger partial charge in [-0.2, -0.15) is 0 Å². The van der Waals surface area contributed by atoms with Gasteiger partial charge in [0.1, 0.15) is 0 Å². The van der Waals surface area contributed by atoms with Gasteiger partial charge in [-0.05, 0) is 0 Å². The van der Waals surface area contributed by atoms with E-state index in [2.05, 4.69) is 18.9 Å². The number of carboxylic acid groups (broad SMARTS) is 6. The van der Waals surface area contributed by atoms with Crippen LogP contribution in [0, 0.1) is 0 Å². The van der Waals surface area contributed by atoms with Crippen molar-refractivity contribution >= 4 is 60.1 Å². The zero-order valence-corrected chi connectivity index (χ0v) is 19.0. The van der Waals surface area contributed by atoms with E-state index in [1.165, 1.54) is 0 Å². The van der Waals surface area contributed by atoms with E-state index in [1.807, 2.05) is 0 Å². The van der Waals surface area contributed by atoms with Gasteiger partial charge in [0.2, 0.25) is 11.2 Å². The second-order valence-corrected chi connectivity index (χ2v) is 7.19. The number of carboxylic acids is 4. The lowest BCUT2D eigenvalue weighted by molar-refractivity contribution is -0.195. The highest BCUT2D eigenvalue weighted by molar-refractivity contribution is 5.95. The second kappa shape index (κ2) is 13.8. The molecule has 3 atom stereocenters. The number of esters is 4. The highest BCUT2D eigenvalue weighted by Crippen LogP contribution is 2.26. The number of rotatable bonds is 15. The zero-order chi connectivity index (χ0) is 30.7. The lowest BCUT2D eigenvalue weighted by atomic mass is 9.94. The Morgan fingerprint density at radius 1 is 0.538 bits per heavy atom. The van der Waals surface area contributed by atoms with Gasteiger partial charge in [-0.1, -0.05) is 0 Å². The summed E-state index contributed by atoms with van der Waals surface area (Å²) in [6.45, 7) is 0. The van der Waals surface area contributed by atoms with E-state index in [-0.39, 0.29) is 0 Å². The van der Waals surface area contributed by atoms with Crippen LogP contribution in [0.15, 0.2) is 0 Å². The van der Waals surface area contributed by atoms with Crippen molar-refractivity contribution in [1.82, 2.24) is 0 Å². The normalized spacial score (nSPS) is 14.2. The molecule has 0 radical (unpaired) electrons. The maximum Gasteiger partial charge on any atom is 0.513 e. The molecule has 0 aromatic carbocycles. The first kappa shape index (κ1) is 33.7. The van der Waals surface area contributed by atoms with Crippen molar-refractivity contribution in [1.29, 1.82) is 0 Å². The number of carbonyl (C=O) groups excluding carboxylic acids is 4. The molecule has 216 valence electrons. The van der Waals surface area contributed by atoms with Crippen LogP contribution >= 0.6 is 0 Å². The molecule has 0 aliphatic heterocycles. The minimum Gasteiger partial charge on any atom is -0.481 e. The number of carbonyl (C=O) groups is 10. The van der Waals surface area contributed by atoms with Crippen LogP contribution in [0.4, 0.5) is 9.59 Å². The Morgan fingerprint density at radius 2 is 0.897 bits per heavy atom. The number of ether oxygens (including phenoxy) is 4. The van der Waals surface area contributed by atoms with Crippen LogP contribution in [0.1, 0.15) is 32.1 Å². The van der Waals surface area contributed by atoms with E-state index in [1.54, 1.807) is 0 Å². The number of aliphatic carboxylic acids is 4. The van der Waals surface area contributed by atoms with Crippen molar-refractivity contribution in [2.45, 2.75) is 49.4 Å². The molecule has 0 fully saturated rings. The van der Waals surface area contributed by atoms with Crippen LogP contribution < -0.4 is 0 Å². The predicted molar refractivity (Wildman–Crippen MR) is 106 cm³/mol. The molecule has 0 amide bonds. The third kappa shape index (κ3) is 11.1. The first-order valence-corrected chi connectivity index (χ1v) is 9.65. The quantitative estimate of drug-likeness (QED) is 0.0614. The SMILES string of the molecule is O=C(O)CC(CC(=O)OC(=O)O)(OC(=O)CC(O)C(=O)OC(CC(=O)O)(CC(=O)OC(=O)O)C(=O)O)C(=O)O. The van der Waals surface area contributed by atoms with Gasteiger partial charge < -0.3 is 54.7 Å². The lowest BCUT2D eigenvalue weighted by Crippen LogP contribution is -2.50. The van der Waals surface area contributed by atoms with Crippen LogP contribution in [-0.4, -0.2) is 113 Å². The smallest absolute Gasteiger partial charge is 0.481 e. The number of aliphatic hydroxyl groups excluding tert-OH is 1. The highest BCUT2D eigenvalue weighted by Gasteiger charge is 2.50. The monoisotopic (exact) mass is 570 g/mol. The van der Waals surface area contributed by atoms with Crippen LogP contribution in [-0.2, 0) is 57.3 Å². The molecule has 0 aromatic heterocycles. The van der Waals surface area contributed by atoms with Gasteiger partial charge >= 0.3 is 60.1 Å². The van der Waals surface area contributed by atoms with Crippen LogP contribution in [0.2, 0.25) is 0 Å². The minimum absolute atomic E-state index is 1.66. The standard InChI is InChI=1S/C18H18O21/c19-6(12(27)39-18(14(30)31,3-8(22)23)5-11(26)37-16(34)35)1-9(24)38-17(13(28)29,2-7(20)21)4-10(25)36-15(32)33/h6,19H,1-5H2,(H,20,21)(H,22,23)(H,28,29)(H,30,31)(H,32,33)(H,34,35). The average Bonchev–Trinajstić information content (AvgIpc) is 2.70. The summed E-state index contributed by atoms with van der Waals surface area (Å²) in [5.41, 5.74) is -6.73. The second-order valence-electron chi connectivity index (χ2n) is 7.19. The Morgan fingerprint density at radius 3 is 1.21 bits per heavy atom. The van der Waals surface area contributed by atoms with Crippen LogP contribution in [0.25, 0.3) is 0 Å². The summed E-state index contributed by atoms with van der Waals surface area (Å²) in [5.74, 6) is -16.6. The molecule has 39 heavy (non-hydrogen) atoms. The van der Waals surface area contributed by atoms with Gasteiger partial charge in [-0.25, -0.2) is 24.0 Å². The van der Waals surface area contributed by atoms with E-state index in [9.17, 15) is 63.3 Å². The van der Waals surface area contributed by atoms with Gasteiger partial charge in [0.15, 0.2) is 6.10 Å². The topological polar surface area (TPSA) is 349 Å². The number of aliphatic hydroxyl groups is 1. The van der Waals surface area contributed by atoms with Crippen molar-refractivity contribution in [3.63, 3.8) is 0 Å². The van der Waals surface area contributed by atoms with Crippen molar-refractivity contribution in [2.75, 3.05) is 0 Å². The molecule has 0 saturated heterocycles. The van der Waals surface area contributed by atoms with E-state index >= 15 is 0 Å². The summed E-state index contributed by atoms with van der Waals surface area (Å²) in [4.78, 5) is 114. The molecule has 0 aliphatic carbocycles. The number of hydrogen-bond donors (Lipinski definition) is 7. The molecular weight excluding hydrogens is 552 g/mol. The van der Waals surface area contributed by atoms with Gasteiger partial charge in [-0.15, -0.1) is 0 Å². The molecule has 21 nitrogen and oxygen atoms in total. The Balaban J connectivity index is 5.93. The average molecular weight is 570 g/mol. The summed E-state index contributed by atoms with van der Waals surface area (Å²) >= 11 is 0. The third-order valence-corrected chi connectivity index (χ3v) is 4.15. The lowest BCUT2D eigenvalue weighted by Gasteiger charge is -2.28. The first-order valence-electron chi connectivity index (χ1n) is 9.65. The summed E-state index contributed by atoms with van der Waals surface area (Å²) in [7, 11) is 0. The summed E-state index contributed by atoms with van der Waals surface area (Å²) in [6.07, 6.45) is -15.8. The summed E-state index contributed by atoms with van der Waals surface area (Å²) in [5, 5.41) is 63.3. The van der Waals surface area contributed by atoms with Crippen molar-refractivity contribution in [3.05, 3.63) is 0 Å². The zero-order valence-electron chi connectivity index (χ0n) is 19.0. The van der Waals surface area contributed by atoms with Gasteiger partial charge in [0.05, 0.1) is 32.1 Å². The molecule has 3 unspecified atom stereocenters. The molecule has 0 aromatic rings. The minimum atomic E-state index is -3.39.